The van der Waals surface area contributed by atoms with Crippen molar-refractivity contribution in [3.8, 4) is 0 Å². The summed E-state index contributed by atoms with van der Waals surface area (Å²) >= 11 is 0. The fraction of sp³-hybridized carbons (Fsp3) is 0.750. The van der Waals surface area contributed by atoms with E-state index in [2.05, 4.69) is 15.4 Å². The second-order valence-electron chi connectivity index (χ2n) is 2.94. The van der Waals surface area contributed by atoms with Gasteiger partial charge in [0.2, 0.25) is 5.91 Å². The van der Waals surface area contributed by atoms with Crippen LogP contribution in [0.25, 0.3) is 0 Å². The average molecular weight is 186 g/mol. The monoisotopic (exact) mass is 186 g/mol. The van der Waals surface area contributed by atoms with Crippen molar-refractivity contribution in [1.82, 2.24) is 10.6 Å². The summed E-state index contributed by atoms with van der Waals surface area (Å²) < 4.78 is 4.44. The van der Waals surface area contributed by atoms with Crippen molar-refractivity contribution in [3.05, 3.63) is 0 Å². The van der Waals surface area contributed by atoms with Gasteiger partial charge in [-0.25, -0.2) is 0 Å². The highest BCUT2D eigenvalue weighted by Gasteiger charge is 2.21. The van der Waals surface area contributed by atoms with E-state index >= 15 is 0 Å². The molecule has 0 radical (unpaired) electrons. The van der Waals surface area contributed by atoms with Crippen LogP contribution in [0.3, 0.4) is 0 Å². The van der Waals surface area contributed by atoms with Gasteiger partial charge in [-0.2, -0.15) is 0 Å². The SMILES string of the molecule is COC(=O)CNC1CCCNC1=O. The second-order valence-corrected chi connectivity index (χ2v) is 2.94. The zero-order valence-electron chi connectivity index (χ0n) is 7.63. The van der Waals surface area contributed by atoms with Crippen molar-refractivity contribution in [1.29, 1.82) is 0 Å². The number of carbonyl (C=O) groups is 2. The average Bonchev–Trinajstić information content (AvgIpc) is 2.16. The Morgan fingerprint density at radius 2 is 2.54 bits per heavy atom. The summed E-state index contributed by atoms with van der Waals surface area (Å²) in [5, 5.41) is 5.56. The van der Waals surface area contributed by atoms with Gasteiger partial charge in [0.05, 0.1) is 19.7 Å². The highest BCUT2D eigenvalue weighted by molar-refractivity contribution is 5.83. The molecule has 0 aromatic heterocycles. The van der Waals surface area contributed by atoms with Gasteiger partial charge in [0, 0.05) is 6.54 Å². The first-order chi connectivity index (χ1) is 6.24. The quantitative estimate of drug-likeness (QED) is 0.556. The molecule has 1 aliphatic rings. The molecule has 5 heteroatoms. The van der Waals surface area contributed by atoms with Gasteiger partial charge in [0.15, 0.2) is 0 Å². The molecular weight excluding hydrogens is 172 g/mol. The number of ether oxygens (including phenoxy) is 1. The minimum absolute atomic E-state index is 0.0323. The van der Waals surface area contributed by atoms with Gasteiger partial charge in [0.1, 0.15) is 0 Å². The van der Waals surface area contributed by atoms with E-state index in [1.807, 2.05) is 0 Å². The van der Waals surface area contributed by atoms with E-state index in [4.69, 9.17) is 0 Å². The first-order valence-corrected chi connectivity index (χ1v) is 4.32. The molecule has 1 heterocycles. The Hall–Kier alpha value is -1.10. The normalized spacial score (nSPS) is 22.2. The molecule has 1 atom stereocenters. The van der Waals surface area contributed by atoms with Crippen LogP contribution in [0, 0.1) is 0 Å². The zero-order chi connectivity index (χ0) is 9.68. The summed E-state index contributed by atoms with van der Waals surface area (Å²) in [4.78, 5) is 21.9. The minimum atomic E-state index is -0.349. The molecule has 1 aliphatic heterocycles. The number of methoxy groups -OCH3 is 1. The Morgan fingerprint density at radius 3 is 3.15 bits per heavy atom. The lowest BCUT2D eigenvalue weighted by Crippen LogP contribution is -2.49. The van der Waals surface area contributed by atoms with Crippen LogP contribution >= 0.6 is 0 Å². The maximum absolute atomic E-state index is 11.2. The third kappa shape index (κ3) is 3.02. The van der Waals surface area contributed by atoms with E-state index < -0.39 is 0 Å². The largest absolute Gasteiger partial charge is 0.468 e. The van der Waals surface area contributed by atoms with E-state index in [1.54, 1.807) is 0 Å². The Labute approximate surface area is 76.8 Å². The zero-order valence-corrected chi connectivity index (χ0v) is 7.63. The Kier molecular flexibility index (Phi) is 3.70. The van der Waals surface area contributed by atoms with Crippen LogP contribution in [-0.2, 0) is 14.3 Å². The third-order valence-corrected chi connectivity index (χ3v) is 2.01. The molecule has 74 valence electrons. The van der Waals surface area contributed by atoms with Crippen molar-refractivity contribution < 1.29 is 14.3 Å². The Morgan fingerprint density at radius 1 is 1.77 bits per heavy atom. The number of piperidine rings is 1. The van der Waals surface area contributed by atoms with Crippen LogP contribution < -0.4 is 10.6 Å². The molecule has 0 saturated carbocycles. The van der Waals surface area contributed by atoms with Crippen LogP contribution in [0.4, 0.5) is 0 Å². The molecule has 1 rings (SSSR count). The summed E-state index contributed by atoms with van der Waals surface area (Å²) in [5.41, 5.74) is 0. The van der Waals surface area contributed by atoms with Gasteiger partial charge in [-0.15, -0.1) is 0 Å². The van der Waals surface area contributed by atoms with Crippen LogP contribution in [0.5, 0.6) is 0 Å². The molecule has 0 bridgehead atoms. The Balaban J connectivity index is 2.26. The summed E-state index contributed by atoms with van der Waals surface area (Å²) in [6.45, 7) is 0.823. The molecule has 1 amide bonds. The van der Waals surface area contributed by atoms with Gasteiger partial charge < -0.3 is 10.1 Å². The maximum atomic E-state index is 11.2. The number of hydrogen-bond donors (Lipinski definition) is 2. The van der Waals surface area contributed by atoms with E-state index in [0.29, 0.717) is 0 Å². The third-order valence-electron chi connectivity index (χ3n) is 2.01. The number of amides is 1. The number of esters is 1. The minimum Gasteiger partial charge on any atom is -0.468 e. The molecule has 0 aromatic rings. The highest BCUT2D eigenvalue weighted by atomic mass is 16.5. The van der Waals surface area contributed by atoms with Gasteiger partial charge in [-0.1, -0.05) is 0 Å². The lowest BCUT2D eigenvalue weighted by atomic mass is 10.1. The molecule has 1 fully saturated rings. The number of hydrogen-bond acceptors (Lipinski definition) is 4. The maximum Gasteiger partial charge on any atom is 0.319 e. The van der Waals surface area contributed by atoms with Gasteiger partial charge >= 0.3 is 5.97 Å². The summed E-state index contributed by atoms with van der Waals surface area (Å²) in [6.07, 6.45) is 1.73. The lowest BCUT2D eigenvalue weighted by molar-refractivity contribution is -0.139. The summed E-state index contributed by atoms with van der Waals surface area (Å²) in [6, 6.07) is -0.243. The molecular formula is C8H14N2O3. The van der Waals surface area contributed by atoms with Crippen LogP contribution in [0.1, 0.15) is 12.8 Å². The van der Waals surface area contributed by atoms with Gasteiger partial charge in [-0.05, 0) is 12.8 Å². The number of carbonyl (C=O) groups excluding carboxylic acids is 2. The van der Waals surface area contributed by atoms with E-state index in [0.717, 1.165) is 19.4 Å². The lowest BCUT2D eigenvalue weighted by Gasteiger charge is -2.22. The van der Waals surface area contributed by atoms with Crippen LogP contribution in [0.15, 0.2) is 0 Å². The molecule has 2 N–H and O–H groups in total. The fourth-order valence-electron chi connectivity index (χ4n) is 1.25. The smallest absolute Gasteiger partial charge is 0.319 e. The number of nitrogens with one attached hydrogen (secondary N) is 2. The van der Waals surface area contributed by atoms with Crippen molar-refractivity contribution in [2.45, 2.75) is 18.9 Å². The molecule has 0 aliphatic carbocycles. The van der Waals surface area contributed by atoms with Crippen molar-refractivity contribution in [3.63, 3.8) is 0 Å². The highest BCUT2D eigenvalue weighted by Crippen LogP contribution is 2.01. The van der Waals surface area contributed by atoms with Crippen molar-refractivity contribution in [2.24, 2.45) is 0 Å². The standard InChI is InChI=1S/C8H14N2O3/c1-13-7(11)5-10-6-3-2-4-9-8(6)12/h6,10H,2-5H2,1H3,(H,9,12). The summed E-state index contributed by atoms with van der Waals surface area (Å²) in [7, 11) is 1.32. The Bertz CT molecular complexity index is 206. The molecule has 0 spiro atoms. The summed E-state index contributed by atoms with van der Waals surface area (Å²) in [5.74, 6) is -0.381. The van der Waals surface area contributed by atoms with E-state index in [-0.39, 0.29) is 24.5 Å². The van der Waals surface area contributed by atoms with Crippen LogP contribution in [-0.4, -0.2) is 38.1 Å². The van der Waals surface area contributed by atoms with Gasteiger partial charge in [-0.3, -0.25) is 14.9 Å². The molecule has 1 unspecified atom stereocenters. The van der Waals surface area contributed by atoms with E-state index in [9.17, 15) is 9.59 Å². The molecule has 13 heavy (non-hydrogen) atoms. The molecule has 5 nitrogen and oxygen atoms in total. The first kappa shape index (κ1) is 9.98. The van der Waals surface area contributed by atoms with Gasteiger partial charge in [0.25, 0.3) is 0 Å². The number of rotatable bonds is 3. The van der Waals surface area contributed by atoms with Crippen LogP contribution in [0.2, 0.25) is 0 Å². The topological polar surface area (TPSA) is 67.4 Å². The first-order valence-electron chi connectivity index (χ1n) is 4.32. The second kappa shape index (κ2) is 4.81. The molecule has 1 saturated heterocycles. The van der Waals surface area contributed by atoms with Crippen molar-refractivity contribution >= 4 is 11.9 Å². The fourth-order valence-corrected chi connectivity index (χ4v) is 1.25. The van der Waals surface area contributed by atoms with E-state index in [1.165, 1.54) is 7.11 Å². The van der Waals surface area contributed by atoms with Crippen molar-refractivity contribution in [2.75, 3.05) is 20.2 Å². The predicted octanol–water partition coefficient (Wildman–Crippen LogP) is -0.972. The predicted molar refractivity (Wildman–Crippen MR) is 46.1 cm³/mol. The molecule has 0 aromatic carbocycles.